The van der Waals surface area contributed by atoms with E-state index in [-0.39, 0.29) is 18.2 Å². The molecule has 1 aromatic heterocycles. The molecule has 1 aromatic carbocycles. The third kappa shape index (κ3) is 4.61. The highest BCUT2D eigenvalue weighted by atomic mass is 16.5. The van der Waals surface area contributed by atoms with Crippen LogP contribution in [0.3, 0.4) is 0 Å². The summed E-state index contributed by atoms with van der Waals surface area (Å²) in [4.78, 5) is 35.3. The summed E-state index contributed by atoms with van der Waals surface area (Å²) in [5.74, 6) is 0.488. The smallest absolute Gasteiger partial charge is 0.340 e. The first kappa shape index (κ1) is 18.8. The molecule has 1 aliphatic heterocycles. The molecule has 7 nitrogen and oxygen atoms in total. The lowest BCUT2D eigenvalue weighted by atomic mass is 10.0. The number of hydrogen-bond acceptors (Lipinski definition) is 6. The summed E-state index contributed by atoms with van der Waals surface area (Å²) in [5, 5.41) is 2.76. The molecule has 0 bridgehead atoms. The second kappa shape index (κ2) is 8.62. The molecule has 27 heavy (non-hydrogen) atoms. The molecule has 7 heteroatoms. The van der Waals surface area contributed by atoms with Crippen molar-refractivity contribution in [3.8, 4) is 0 Å². The highest BCUT2D eigenvalue weighted by Gasteiger charge is 2.20. The van der Waals surface area contributed by atoms with E-state index in [1.54, 1.807) is 37.3 Å². The van der Waals surface area contributed by atoms with Crippen molar-refractivity contribution in [1.82, 2.24) is 9.97 Å². The third-order valence-electron chi connectivity index (χ3n) is 4.54. The van der Waals surface area contributed by atoms with Crippen molar-refractivity contribution < 1.29 is 14.3 Å². The van der Waals surface area contributed by atoms with Gasteiger partial charge in [0.15, 0.2) is 0 Å². The van der Waals surface area contributed by atoms with Gasteiger partial charge in [-0.25, -0.2) is 14.8 Å². The van der Waals surface area contributed by atoms with E-state index in [0.717, 1.165) is 25.3 Å². The van der Waals surface area contributed by atoms with E-state index in [0.29, 0.717) is 17.2 Å². The summed E-state index contributed by atoms with van der Waals surface area (Å²) in [6.45, 7) is 6.07. The molecule has 0 radical (unpaired) electrons. The fraction of sp³-hybridized carbons (Fsp3) is 0.400. The van der Waals surface area contributed by atoms with Gasteiger partial charge in [0.05, 0.1) is 17.9 Å². The van der Waals surface area contributed by atoms with Crippen molar-refractivity contribution in [2.75, 3.05) is 29.9 Å². The summed E-state index contributed by atoms with van der Waals surface area (Å²) in [6.07, 6.45) is 3.72. The second-order valence-electron chi connectivity index (χ2n) is 6.68. The van der Waals surface area contributed by atoms with E-state index in [1.807, 2.05) is 0 Å². The van der Waals surface area contributed by atoms with Crippen LogP contribution < -0.4 is 10.2 Å². The van der Waals surface area contributed by atoms with E-state index in [1.165, 1.54) is 12.7 Å². The molecule has 1 atom stereocenters. The number of aromatic nitrogens is 2. The lowest BCUT2D eigenvalue weighted by Crippen LogP contribution is -2.35. The Morgan fingerprint density at radius 2 is 2.11 bits per heavy atom. The van der Waals surface area contributed by atoms with Gasteiger partial charge in [-0.05, 0) is 37.8 Å². The number of nitrogens with zero attached hydrogens (tertiary/aromatic N) is 3. The number of carbonyl (C=O) groups is 2. The predicted molar refractivity (Wildman–Crippen MR) is 103 cm³/mol. The predicted octanol–water partition coefficient (Wildman–Crippen LogP) is 3.14. The molecule has 2 heterocycles. The minimum Gasteiger partial charge on any atom is -0.462 e. The molecular formula is C20H24N4O3. The average molecular weight is 368 g/mol. The molecule has 1 unspecified atom stereocenters. The van der Waals surface area contributed by atoms with E-state index in [9.17, 15) is 9.59 Å². The number of benzene rings is 1. The molecule has 2 aromatic rings. The van der Waals surface area contributed by atoms with E-state index in [2.05, 4.69) is 27.1 Å². The summed E-state index contributed by atoms with van der Waals surface area (Å²) in [6, 6.07) is 8.45. The number of anilines is 2. The maximum absolute atomic E-state index is 12.7. The molecule has 142 valence electrons. The van der Waals surface area contributed by atoms with Crippen LogP contribution in [-0.2, 0) is 4.74 Å². The number of ether oxygens (including phenoxy) is 1. The summed E-state index contributed by atoms with van der Waals surface area (Å²) < 4.78 is 5.04. The monoisotopic (exact) mass is 368 g/mol. The van der Waals surface area contributed by atoms with Crippen LogP contribution in [0.25, 0.3) is 0 Å². The number of piperidine rings is 1. The van der Waals surface area contributed by atoms with Crippen LogP contribution in [0.1, 0.15) is 47.5 Å². The first-order valence-electron chi connectivity index (χ1n) is 9.23. The van der Waals surface area contributed by atoms with E-state index < -0.39 is 5.97 Å². The van der Waals surface area contributed by atoms with Crippen LogP contribution in [0.5, 0.6) is 0 Å². The van der Waals surface area contributed by atoms with Crippen molar-refractivity contribution in [3.05, 3.63) is 47.9 Å². The normalized spacial score (nSPS) is 16.7. The molecule has 1 aliphatic rings. The number of nitrogens with one attached hydrogen (secondary N) is 1. The standard InChI is InChI=1S/C20H24N4O3/c1-3-27-20(26)15-8-4-5-9-16(15)23-19(25)17-11-18(22-13-21-17)24-10-6-7-14(2)12-24/h4-5,8-9,11,13-14H,3,6-7,10,12H2,1-2H3,(H,23,25). The fourth-order valence-electron chi connectivity index (χ4n) is 3.21. The third-order valence-corrected chi connectivity index (χ3v) is 4.54. The van der Waals surface area contributed by atoms with Crippen molar-refractivity contribution in [3.63, 3.8) is 0 Å². The largest absolute Gasteiger partial charge is 0.462 e. The summed E-state index contributed by atoms with van der Waals surface area (Å²) >= 11 is 0. The Balaban J connectivity index is 1.77. The van der Waals surface area contributed by atoms with Gasteiger partial charge < -0.3 is 15.0 Å². The number of para-hydroxylation sites is 1. The molecule has 1 fully saturated rings. The number of hydrogen-bond donors (Lipinski definition) is 1. The number of carbonyl (C=O) groups excluding carboxylic acids is 2. The topological polar surface area (TPSA) is 84.4 Å². The highest BCUT2D eigenvalue weighted by molar-refractivity contribution is 6.07. The van der Waals surface area contributed by atoms with Crippen molar-refractivity contribution in [2.45, 2.75) is 26.7 Å². The van der Waals surface area contributed by atoms with Gasteiger partial charge in [-0.2, -0.15) is 0 Å². The summed E-state index contributed by atoms with van der Waals surface area (Å²) in [7, 11) is 0. The minimum atomic E-state index is -0.473. The van der Waals surface area contributed by atoms with Gasteiger partial charge in [0, 0.05) is 19.2 Å². The Kier molecular flexibility index (Phi) is 6.01. The Morgan fingerprint density at radius 1 is 1.30 bits per heavy atom. The van der Waals surface area contributed by atoms with Gasteiger partial charge in [-0.1, -0.05) is 19.1 Å². The van der Waals surface area contributed by atoms with Gasteiger partial charge in [-0.15, -0.1) is 0 Å². The van der Waals surface area contributed by atoms with Crippen molar-refractivity contribution in [1.29, 1.82) is 0 Å². The van der Waals surface area contributed by atoms with Crippen LogP contribution in [0, 0.1) is 5.92 Å². The molecule has 1 saturated heterocycles. The quantitative estimate of drug-likeness (QED) is 0.816. The first-order chi connectivity index (χ1) is 13.1. The molecule has 3 rings (SSSR count). The van der Waals surface area contributed by atoms with Crippen LogP contribution in [0.15, 0.2) is 36.7 Å². The summed E-state index contributed by atoms with van der Waals surface area (Å²) in [5.41, 5.74) is 0.969. The van der Waals surface area contributed by atoms with Gasteiger partial charge in [0.1, 0.15) is 17.8 Å². The van der Waals surface area contributed by atoms with Gasteiger partial charge in [-0.3, -0.25) is 4.79 Å². The van der Waals surface area contributed by atoms with Crippen molar-refractivity contribution >= 4 is 23.4 Å². The fourth-order valence-corrected chi connectivity index (χ4v) is 3.21. The first-order valence-corrected chi connectivity index (χ1v) is 9.23. The maximum Gasteiger partial charge on any atom is 0.340 e. The zero-order valence-electron chi connectivity index (χ0n) is 15.6. The van der Waals surface area contributed by atoms with Crippen LogP contribution in [0.2, 0.25) is 0 Å². The van der Waals surface area contributed by atoms with Crippen LogP contribution >= 0.6 is 0 Å². The average Bonchev–Trinajstić information content (AvgIpc) is 2.68. The number of rotatable bonds is 5. The second-order valence-corrected chi connectivity index (χ2v) is 6.68. The molecule has 0 aliphatic carbocycles. The van der Waals surface area contributed by atoms with Gasteiger partial charge >= 0.3 is 5.97 Å². The van der Waals surface area contributed by atoms with E-state index >= 15 is 0 Å². The molecule has 0 spiro atoms. The van der Waals surface area contributed by atoms with Crippen molar-refractivity contribution in [2.24, 2.45) is 5.92 Å². The number of amides is 1. The highest BCUT2D eigenvalue weighted by Crippen LogP contribution is 2.22. The van der Waals surface area contributed by atoms with Gasteiger partial charge in [0.25, 0.3) is 5.91 Å². The Labute approximate surface area is 158 Å². The van der Waals surface area contributed by atoms with Crippen LogP contribution in [-0.4, -0.2) is 41.5 Å². The van der Waals surface area contributed by atoms with Gasteiger partial charge in [0.2, 0.25) is 0 Å². The zero-order valence-corrected chi connectivity index (χ0v) is 15.6. The van der Waals surface area contributed by atoms with E-state index in [4.69, 9.17) is 4.74 Å². The Morgan fingerprint density at radius 3 is 2.89 bits per heavy atom. The molecule has 0 saturated carbocycles. The molecule has 1 amide bonds. The number of esters is 1. The lowest BCUT2D eigenvalue weighted by Gasteiger charge is -2.31. The zero-order chi connectivity index (χ0) is 19.2. The lowest BCUT2D eigenvalue weighted by molar-refractivity contribution is 0.0527. The molecule has 1 N–H and O–H groups in total. The van der Waals surface area contributed by atoms with Crippen LogP contribution in [0.4, 0.5) is 11.5 Å². The molecular weight excluding hydrogens is 344 g/mol. The minimum absolute atomic E-state index is 0.261. The maximum atomic E-state index is 12.7. The Bertz CT molecular complexity index is 824. The Hall–Kier alpha value is -2.96. The SMILES string of the molecule is CCOC(=O)c1ccccc1NC(=O)c1cc(N2CCCC(C)C2)ncn1.